The summed E-state index contributed by atoms with van der Waals surface area (Å²) >= 11 is 1.73. The molecule has 0 amide bonds. The molecule has 2 aromatic heterocycles. The minimum Gasteiger partial charge on any atom is -0.493 e. The fourth-order valence-electron chi connectivity index (χ4n) is 4.38. The molecular formula is C26H33N3O2S. The van der Waals surface area contributed by atoms with E-state index >= 15 is 0 Å². The SMILES string of the molecule is Cc1c(Cn2ccc(OCCc3cccs3)cc2=O)cccc1NCCC1CCCN1C. The van der Waals surface area contributed by atoms with Gasteiger partial charge in [0.05, 0.1) is 13.2 Å². The Morgan fingerprint density at radius 1 is 1.22 bits per heavy atom. The van der Waals surface area contributed by atoms with Crippen LogP contribution in [0.2, 0.25) is 0 Å². The standard InChI is InChI=1S/C26H33N3O2S/c1-20-21(6-3-9-25(20)27-13-10-22-7-4-14-28(22)2)19-29-15-11-23(18-26(29)30)31-16-12-24-8-5-17-32-24/h3,5-6,8-9,11,15,17-18,22,27H,4,7,10,12-14,16,19H2,1-2H3. The molecule has 1 aliphatic rings. The van der Waals surface area contributed by atoms with Gasteiger partial charge in [0, 0.05) is 41.8 Å². The fraction of sp³-hybridized carbons (Fsp3) is 0.423. The second kappa shape index (κ2) is 10.8. The Kier molecular flexibility index (Phi) is 7.66. The van der Waals surface area contributed by atoms with Crippen LogP contribution in [0.5, 0.6) is 5.75 Å². The third-order valence-electron chi connectivity index (χ3n) is 6.42. The summed E-state index contributed by atoms with van der Waals surface area (Å²) in [5.74, 6) is 0.631. The number of rotatable bonds is 10. The molecule has 1 fully saturated rings. The Hall–Kier alpha value is -2.57. The number of thiophene rings is 1. The Morgan fingerprint density at radius 2 is 2.12 bits per heavy atom. The molecule has 0 aliphatic carbocycles. The summed E-state index contributed by atoms with van der Waals surface area (Å²) in [6.07, 6.45) is 6.46. The van der Waals surface area contributed by atoms with Crippen LogP contribution in [-0.2, 0) is 13.0 Å². The lowest BCUT2D eigenvalue weighted by atomic mass is 10.1. The van der Waals surface area contributed by atoms with Gasteiger partial charge in [0.1, 0.15) is 5.75 Å². The van der Waals surface area contributed by atoms with E-state index in [1.807, 2.05) is 18.3 Å². The van der Waals surface area contributed by atoms with Crippen molar-refractivity contribution >= 4 is 17.0 Å². The van der Waals surface area contributed by atoms with Crippen LogP contribution >= 0.6 is 11.3 Å². The first-order chi connectivity index (χ1) is 15.6. The van der Waals surface area contributed by atoms with Crippen molar-refractivity contribution in [3.63, 3.8) is 0 Å². The average molecular weight is 452 g/mol. The van der Waals surface area contributed by atoms with Crippen molar-refractivity contribution < 1.29 is 4.74 Å². The van der Waals surface area contributed by atoms with Crippen LogP contribution in [-0.4, -0.2) is 42.3 Å². The summed E-state index contributed by atoms with van der Waals surface area (Å²) in [5.41, 5.74) is 3.47. The number of aromatic nitrogens is 1. The summed E-state index contributed by atoms with van der Waals surface area (Å²) in [7, 11) is 2.22. The van der Waals surface area contributed by atoms with E-state index in [0.29, 0.717) is 24.9 Å². The molecule has 1 N–H and O–H groups in total. The van der Waals surface area contributed by atoms with Crippen molar-refractivity contribution in [3.8, 4) is 5.75 Å². The highest BCUT2D eigenvalue weighted by molar-refractivity contribution is 7.09. The molecule has 4 rings (SSSR count). The molecule has 32 heavy (non-hydrogen) atoms. The molecular weight excluding hydrogens is 418 g/mol. The maximum atomic E-state index is 12.6. The number of benzene rings is 1. The number of anilines is 1. The Labute approximate surface area is 194 Å². The van der Waals surface area contributed by atoms with E-state index in [2.05, 4.69) is 53.8 Å². The van der Waals surface area contributed by atoms with Crippen molar-refractivity contribution in [1.82, 2.24) is 9.47 Å². The zero-order valence-corrected chi connectivity index (χ0v) is 19.9. The van der Waals surface area contributed by atoms with Crippen molar-refractivity contribution in [2.45, 2.75) is 45.2 Å². The number of hydrogen-bond acceptors (Lipinski definition) is 5. The van der Waals surface area contributed by atoms with Gasteiger partial charge in [-0.3, -0.25) is 4.79 Å². The maximum Gasteiger partial charge on any atom is 0.254 e. The highest BCUT2D eigenvalue weighted by Crippen LogP contribution is 2.22. The van der Waals surface area contributed by atoms with Crippen LogP contribution in [0.4, 0.5) is 5.69 Å². The van der Waals surface area contributed by atoms with Gasteiger partial charge in [0.25, 0.3) is 5.56 Å². The number of hydrogen-bond donors (Lipinski definition) is 1. The van der Waals surface area contributed by atoms with Gasteiger partial charge >= 0.3 is 0 Å². The van der Waals surface area contributed by atoms with Crippen LogP contribution in [0.3, 0.4) is 0 Å². The normalized spacial score (nSPS) is 16.4. The average Bonchev–Trinajstić information content (AvgIpc) is 3.44. The highest BCUT2D eigenvalue weighted by atomic mass is 32.1. The fourth-order valence-corrected chi connectivity index (χ4v) is 5.07. The van der Waals surface area contributed by atoms with Crippen LogP contribution in [0.1, 0.15) is 35.3 Å². The first kappa shape index (κ1) is 22.6. The quantitative estimate of drug-likeness (QED) is 0.482. The number of nitrogens with zero attached hydrogens (tertiary/aromatic N) is 2. The molecule has 3 aromatic rings. The molecule has 0 radical (unpaired) electrons. The number of pyridine rings is 1. The van der Waals surface area contributed by atoms with Crippen LogP contribution < -0.4 is 15.6 Å². The summed E-state index contributed by atoms with van der Waals surface area (Å²) in [5, 5.41) is 5.68. The minimum atomic E-state index is -0.0411. The van der Waals surface area contributed by atoms with Crippen molar-refractivity contribution in [2.75, 3.05) is 32.1 Å². The van der Waals surface area contributed by atoms with E-state index in [1.165, 1.54) is 29.8 Å². The molecule has 0 spiro atoms. The molecule has 0 saturated carbocycles. The van der Waals surface area contributed by atoms with E-state index in [0.717, 1.165) is 30.6 Å². The van der Waals surface area contributed by atoms with Gasteiger partial charge < -0.3 is 19.5 Å². The van der Waals surface area contributed by atoms with Gasteiger partial charge in [-0.05, 0) is 74.5 Å². The van der Waals surface area contributed by atoms with Gasteiger partial charge in [-0.15, -0.1) is 11.3 Å². The van der Waals surface area contributed by atoms with Gasteiger partial charge in [-0.2, -0.15) is 0 Å². The monoisotopic (exact) mass is 451 g/mol. The zero-order valence-electron chi connectivity index (χ0n) is 19.0. The third kappa shape index (κ3) is 5.81. The Morgan fingerprint density at radius 3 is 2.88 bits per heavy atom. The predicted molar refractivity (Wildman–Crippen MR) is 133 cm³/mol. The van der Waals surface area contributed by atoms with Gasteiger partial charge in [0.15, 0.2) is 0 Å². The lowest BCUT2D eigenvalue weighted by Gasteiger charge is -2.20. The Bertz CT molecular complexity index is 1060. The summed E-state index contributed by atoms with van der Waals surface area (Å²) in [4.78, 5) is 16.4. The third-order valence-corrected chi connectivity index (χ3v) is 7.35. The minimum absolute atomic E-state index is 0.0411. The van der Waals surface area contributed by atoms with Crippen molar-refractivity contribution in [3.05, 3.63) is 80.4 Å². The first-order valence-electron chi connectivity index (χ1n) is 11.5. The molecule has 3 heterocycles. The molecule has 1 saturated heterocycles. The maximum absolute atomic E-state index is 12.6. The summed E-state index contributed by atoms with van der Waals surface area (Å²) < 4.78 is 7.52. The largest absolute Gasteiger partial charge is 0.493 e. The first-order valence-corrected chi connectivity index (χ1v) is 12.4. The summed E-state index contributed by atoms with van der Waals surface area (Å²) in [6, 6.07) is 14.6. The topological polar surface area (TPSA) is 46.5 Å². The number of likely N-dealkylation sites (tertiary alicyclic amines) is 1. The van der Waals surface area contributed by atoms with Crippen molar-refractivity contribution in [1.29, 1.82) is 0 Å². The van der Waals surface area contributed by atoms with E-state index in [9.17, 15) is 4.79 Å². The molecule has 1 aliphatic heterocycles. The van der Waals surface area contributed by atoms with Gasteiger partial charge in [-0.25, -0.2) is 0 Å². The second-order valence-electron chi connectivity index (χ2n) is 8.59. The van der Waals surface area contributed by atoms with E-state index in [4.69, 9.17) is 4.74 Å². The Balaban J connectivity index is 1.33. The number of nitrogens with one attached hydrogen (secondary N) is 1. The smallest absolute Gasteiger partial charge is 0.254 e. The summed E-state index contributed by atoms with van der Waals surface area (Å²) in [6.45, 7) is 5.45. The second-order valence-corrected chi connectivity index (χ2v) is 9.62. The zero-order chi connectivity index (χ0) is 22.3. The van der Waals surface area contributed by atoms with Crippen LogP contribution in [0, 0.1) is 6.92 Å². The lowest BCUT2D eigenvalue weighted by Crippen LogP contribution is -2.27. The molecule has 1 atom stereocenters. The van der Waals surface area contributed by atoms with E-state index in [-0.39, 0.29) is 5.56 Å². The highest BCUT2D eigenvalue weighted by Gasteiger charge is 2.20. The van der Waals surface area contributed by atoms with Gasteiger partial charge in [-0.1, -0.05) is 18.2 Å². The molecule has 170 valence electrons. The van der Waals surface area contributed by atoms with Gasteiger partial charge in [0.2, 0.25) is 0 Å². The van der Waals surface area contributed by atoms with E-state index < -0.39 is 0 Å². The van der Waals surface area contributed by atoms with E-state index in [1.54, 1.807) is 22.0 Å². The number of ether oxygens (including phenoxy) is 1. The molecule has 5 nitrogen and oxygen atoms in total. The van der Waals surface area contributed by atoms with Crippen molar-refractivity contribution in [2.24, 2.45) is 0 Å². The predicted octanol–water partition coefficient (Wildman–Crippen LogP) is 4.78. The molecule has 1 aromatic carbocycles. The van der Waals surface area contributed by atoms with Crippen LogP contribution in [0.15, 0.2) is 58.8 Å². The lowest BCUT2D eigenvalue weighted by molar-refractivity contribution is 0.301. The molecule has 0 bridgehead atoms. The molecule has 6 heteroatoms. The molecule has 1 unspecified atom stereocenters. The van der Waals surface area contributed by atoms with Crippen LogP contribution in [0.25, 0.3) is 0 Å².